The molecule has 0 bridgehead atoms. The van der Waals surface area contributed by atoms with Gasteiger partial charge in [-0.25, -0.2) is 0 Å². The van der Waals surface area contributed by atoms with Crippen LogP contribution in [0.25, 0.3) is 10.8 Å². The number of benzene rings is 2. The highest BCUT2D eigenvalue weighted by molar-refractivity contribution is 6.33. The van der Waals surface area contributed by atoms with Crippen LogP contribution in [-0.4, -0.2) is 37.2 Å². The second-order valence-electron chi connectivity index (χ2n) is 7.82. The molecule has 1 N–H and O–H groups in total. The van der Waals surface area contributed by atoms with Crippen LogP contribution in [0.5, 0.6) is 5.75 Å². The lowest BCUT2D eigenvalue weighted by Gasteiger charge is -2.20. The topological polar surface area (TPSA) is 24.5 Å². The van der Waals surface area contributed by atoms with Crippen LogP contribution >= 0.6 is 11.6 Å². The van der Waals surface area contributed by atoms with Gasteiger partial charge in [0.15, 0.2) is 0 Å². The number of halogens is 1. The number of fused-ring (bicyclic) bond motifs is 1. The van der Waals surface area contributed by atoms with Crippen molar-refractivity contribution in [3.8, 4) is 5.75 Å². The van der Waals surface area contributed by atoms with Crippen molar-refractivity contribution < 1.29 is 4.74 Å². The first-order chi connectivity index (χ1) is 12.7. The third-order valence-electron chi connectivity index (χ3n) is 5.55. The lowest BCUT2D eigenvalue weighted by atomic mass is 10.0. The van der Waals surface area contributed by atoms with E-state index in [0.29, 0.717) is 6.04 Å². The van der Waals surface area contributed by atoms with Gasteiger partial charge in [0.25, 0.3) is 0 Å². The van der Waals surface area contributed by atoms with Crippen LogP contribution in [0.1, 0.15) is 38.2 Å². The van der Waals surface area contributed by atoms with Crippen LogP contribution in [0, 0.1) is 5.92 Å². The van der Waals surface area contributed by atoms with E-state index in [0.717, 1.165) is 54.9 Å². The molecular formula is C22H29ClN2O. The molecule has 4 heteroatoms. The third kappa shape index (κ3) is 4.16. The van der Waals surface area contributed by atoms with Crippen LogP contribution in [0.4, 0.5) is 0 Å². The molecule has 0 radical (unpaired) electrons. The summed E-state index contributed by atoms with van der Waals surface area (Å²) in [5.74, 6) is 1.59. The van der Waals surface area contributed by atoms with Crippen molar-refractivity contribution >= 4 is 22.4 Å². The molecule has 0 aromatic heterocycles. The van der Waals surface area contributed by atoms with E-state index in [1.165, 1.54) is 36.6 Å². The van der Waals surface area contributed by atoms with Gasteiger partial charge in [-0.2, -0.15) is 0 Å². The average Bonchev–Trinajstić information content (AvgIpc) is 3.37. The van der Waals surface area contributed by atoms with Gasteiger partial charge in [0.05, 0.1) is 11.6 Å². The van der Waals surface area contributed by atoms with Gasteiger partial charge in [-0.15, -0.1) is 0 Å². The number of hydrogen-bond acceptors (Lipinski definition) is 3. The summed E-state index contributed by atoms with van der Waals surface area (Å²) in [7, 11) is 0. The fraction of sp³-hybridized carbons (Fsp3) is 0.545. The van der Waals surface area contributed by atoms with E-state index in [4.69, 9.17) is 16.3 Å². The molecule has 3 nitrogen and oxygen atoms in total. The van der Waals surface area contributed by atoms with Gasteiger partial charge in [-0.1, -0.05) is 42.8 Å². The Morgan fingerprint density at radius 3 is 2.77 bits per heavy atom. The molecule has 2 aliphatic rings. The number of nitrogens with zero attached hydrogens (tertiary/aromatic N) is 1. The quantitative estimate of drug-likeness (QED) is 0.716. The molecule has 2 fully saturated rings. The summed E-state index contributed by atoms with van der Waals surface area (Å²) >= 11 is 6.64. The molecule has 2 aromatic carbocycles. The molecule has 4 rings (SSSR count). The van der Waals surface area contributed by atoms with Crippen LogP contribution in [0.2, 0.25) is 5.02 Å². The standard InChI is InChI=1S/C22H29ClN2O/c1-2-10-24-18-9-11-25(14-18)13-17-12-21(23)22(26-15-16-7-8-16)20-6-4-3-5-19(17)20/h3-6,12,16,18,24H,2,7-11,13-15H2,1H3. The number of rotatable bonds is 8. The first kappa shape index (κ1) is 18.1. The van der Waals surface area contributed by atoms with Crippen molar-refractivity contribution in [2.45, 2.75) is 45.2 Å². The van der Waals surface area contributed by atoms with Crippen molar-refractivity contribution in [1.29, 1.82) is 0 Å². The maximum Gasteiger partial charge on any atom is 0.145 e. The summed E-state index contributed by atoms with van der Waals surface area (Å²) in [6.45, 7) is 7.34. The molecule has 1 heterocycles. The van der Waals surface area contributed by atoms with Crippen LogP contribution in [0.15, 0.2) is 30.3 Å². The lowest BCUT2D eigenvalue weighted by Crippen LogP contribution is -2.32. The number of hydrogen-bond donors (Lipinski definition) is 1. The van der Waals surface area contributed by atoms with E-state index in [-0.39, 0.29) is 0 Å². The first-order valence-corrected chi connectivity index (χ1v) is 10.4. The van der Waals surface area contributed by atoms with Crippen molar-refractivity contribution in [3.63, 3.8) is 0 Å². The smallest absolute Gasteiger partial charge is 0.145 e. The number of nitrogens with one attached hydrogen (secondary N) is 1. The minimum atomic E-state index is 0.623. The third-order valence-corrected chi connectivity index (χ3v) is 5.83. The zero-order chi connectivity index (χ0) is 17.9. The van der Waals surface area contributed by atoms with Gasteiger partial charge in [-0.05, 0) is 55.2 Å². The molecule has 1 saturated carbocycles. The molecule has 1 saturated heterocycles. The first-order valence-electron chi connectivity index (χ1n) is 10.0. The average molecular weight is 373 g/mol. The largest absolute Gasteiger partial charge is 0.491 e. The van der Waals surface area contributed by atoms with E-state index in [2.05, 4.69) is 47.5 Å². The summed E-state index contributed by atoms with van der Waals surface area (Å²) in [6, 6.07) is 11.3. The summed E-state index contributed by atoms with van der Waals surface area (Å²) < 4.78 is 6.10. The minimum Gasteiger partial charge on any atom is -0.491 e. The second-order valence-corrected chi connectivity index (χ2v) is 8.23. The van der Waals surface area contributed by atoms with E-state index in [9.17, 15) is 0 Å². The zero-order valence-corrected chi connectivity index (χ0v) is 16.4. The van der Waals surface area contributed by atoms with Gasteiger partial charge < -0.3 is 10.1 Å². The summed E-state index contributed by atoms with van der Waals surface area (Å²) in [4.78, 5) is 2.54. The van der Waals surface area contributed by atoms with E-state index >= 15 is 0 Å². The Labute approximate surface area is 161 Å². The van der Waals surface area contributed by atoms with Crippen molar-refractivity contribution in [1.82, 2.24) is 10.2 Å². The molecule has 0 amide bonds. The molecule has 0 spiro atoms. The molecule has 1 unspecified atom stereocenters. The molecule has 1 aliphatic carbocycles. The summed E-state index contributed by atoms with van der Waals surface area (Å²) in [6.07, 6.45) is 5.00. The van der Waals surface area contributed by atoms with Crippen LogP contribution < -0.4 is 10.1 Å². The Balaban J connectivity index is 1.53. The molecule has 1 atom stereocenters. The van der Waals surface area contributed by atoms with Crippen LogP contribution in [0.3, 0.4) is 0 Å². The Kier molecular flexibility index (Phi) is 5.68. The van der Waals surface area contributed by atoms with E-state index < -0.39 is 0 Å². The fourth-order valence-electron chi connectivity index (χ4n) is 3.88. The highest BCUT2D eigenvalue weighted by atomic mass is 35.5. The predicted octanol–water partition coefficient (Wildman–Crippen LogP) is 4.86. The van der Waals surface area contributed by atoms with E-state index in [1.54, 1.807) is 0 Å². The minimum absolute atomic E-state index is 0.623. The molecular weight excluding hydrogens is 344 g/mol. The van der Waals surface area contributed by atoms with E-state index in [1.807, 2.05) is 0 Å². The van der Waals surface area contributed by atoms with Gasteiger partial charge in [-0.3, -0.25) is 4.90 Å². The fourth-order valence-corrected chi connectivity index (χ4v) is 4.17. The maximum absolute atomic E-state index is 6.64. The van der Waals surface area contributed by atoms with Gasteiger partial charge in [0, 0.05) is 31.1 Å². The number of likely N-dealkylation sites (tertiary alicyclic amines) is 1. The maximum atomic E-state index is 6.64. The monoisotopic (exact) mass is 372 g/mol. The highest BCUT2D eigenvalue weighted by Crippen LogP contribution is 2.38. The lowest BCUT2D eigenvalue weighted by molar-refractivity contribution is 0.302. The van der Waals surface area contributed by atoms with Gasteiger partial charge in [0.1, 0.15) is 5.75 Å². The van der Waals surface area contributed by atoms with Crippen LogP contribution in [-0.2, 0) is 6.54 Å². The van der Waals surface area contributed by atoms with Gasteiger partial charge in [0.2, 0.25) is 0 Å². The molecule has 2 aromatic rings. The normalized spacial score (nSPS) is 20.8. The van der Waals surface area contributed by atoms with Gasteiger partial charge >= 0.3 is 0 Å². The Hall–Kier alpha value is -1.29. The Morgan fingerprint density at radius 2 is 2.00 bits per heavy atom. The Morgan fingerprint density at radius 1 is 1.19 bits per heavy atom. The Bertz CT molecular complexity index is 759. The molecule has 26 heavy (non-hydrogen) atoms. The van der Waals surface area contributed by atoms with Crippen molar-refractivity contribution in [3.05, 3.63) is 40.9 Å². The SMILES string of the molecule is CCCNC1CCN(Cc2cc(Cl)c(OCC3CC3)c3ccccc23)C1. The van der Waals surface area contributed by atoms with Crippen molar-refractivity contribution in [2.75, 3.05) is 26.2 Å². The van der Waals surface area contributed by atoms with Crippen molar-refractivity contribution in [2.24, 2.45) is 5.92 Å². The highest BCUT2D eigenvalue weighted by Gasteiger charge is 2.25. The summed E-state index contributed by atoms with van der Waals surface area (Å²) in [5.41, 5.74) is 1.31. The zero-order valence-electron chi connectivity index (χ0n) is 15.6. The molecule has 140 valence electrons. The second kappa shape index (κ2) is 8.16. The number of ether oxygens (including phenoxy) is 1. The summed E-state index contributed by atoms with van der Waals surface area (Å²) in [5, 5.41) is 6.82. The molecule has 1 aliphatic heterocycles. The predicted molar refractivity (Wildman–Crippen MR) is 109 cm³/mol.